The third-order valence-electron chi connectivity index (χ3n) is 3.10. The van der Waals surface area contributed by atoms with Gasteiger partial charge in [-0.15, -0.1) is 0 Å². The minimum atomic E-state index is 0. The van der Waals surface area contributed by atoms with Gasteiger partial charge in [-0.2, -0.15) is 0 Å². The number of benzene rings is 1. The van der Waals surface area contributed by atoms with E-state index >= 15 is 0 Å². The van der Waals surface area contributed by atoms with Gasteiger partial charge in [0.25, 0.3) is 0 Å². The second-order valence-electron chi connectivity index (χ2n) is 5.36. The Bertz CT molecular complexity index is 453. The van der Waals surface area contributed by atoms with Crippen LogP contribution in [0.5, 0.6) is 0 Å². The first kappa shape index (κ1) is 21.7. The van der Waals surface area contributed by atoms with Crippen LogP contribution in [0.4, 0.5) is 0 Å². The second kappa shape index (κ2) is 11.1. The summed E-state index contributed by atoms with van der Waals surface area (Å²) in [4.78, 5) is 0. The van der Waals surface area contributed by atoms with Crippen LogP contribution in [-0.2, 0) is 5.41 Å². The molecule has 1 aromatic rings. The molecule has 0 heteroatoms. The molecule has 0 radical (unpaired) electrons. The quantitative estimate of drug-likeness (QED) is 0.522. The maximum atomic E-state index is 2.25. The summed E-state index contributed by atoms with van der Waals surface area (Å²) in [6.45, 7) is 14.8. The van der Waals surface area contributed by atoms with Gasteiger partial charge in [0.1, 0.15) is 0 Å². The highest BCUT2D eigenvalue weighted by molar-refractivity contribution is 5.33. The second-order valence-corrected chi connectivity index (χ2v) is 5.36. The highest BCUT2D eigenvalue weighted by Gasteiger charge is 2.15. The Hall–Kier alpha value is -1.56. The zero-order chi connectivity index (χ0) is 15.6. The van der Waals surface area contributed by atoms with Crippen molar-refractivity contribution in [2.24, 2.45) is 0 Å². The van der Waals surface area contributed by atoms with E-state index in [4.69, 9.17) is 0 Å². The van der Waals surface area contributed by atoms with E-state index in [1.165, 1.54) is 16.7 Å². The van der Waals surface area contributed by atoms with E-state index in [-0.39, 0.29) is 12.8 Å². The molecule has 0 saturated heterocycles. The molecule has 118 valence electrons. The lowest BCUT2D eigenvalue weighted by atomic mass is 9.84. The van der Waals surface area contributed by atoms with E-state index in [9.17, 15) is 0 Å². The van der Waals surface area contributed by atoms with Crippen molar-refractivity contribution >= 4 is 0 Å². The fraction of sp³-hybridized carbons (Fsp3) is 0.429. The predicted molar refractivity (Wildman–Crippen MR) is 100.0 cm³/mol. The Labute approximate surface area is 133 Å². The zero-order valence-electron chi connectivity index (χ0n) is 14.2. The van der Waals surface area contributed by atoms with Crippen molar-refractivity contribution in [3.05, 3.63) is 71.3 Å². The zero-order valence-corrected chi connectivity index (χ0v) is 14.2. The highest BCUT2D eigenvalue weighted by Crippen LogP contribution is 2.25. The van der Waals surface area contributed by atoms with Crippen LogP contribution in [0.25, 0.3) is 0 Å². The average molecular weight is 287 g/mol. The minimum Gasteiger partial charge on any atom is -0.0874 e. The number of aryl methyl sites for hydroxylation is 1. The molecular weight excluding hydrogens is 252 g/mol. The van der Waals surface area contributed by atoms with Gasteiger partial charge in [0.05, 0.1) is 0 Å². The van der Waals surface area contributed by atoms with Crippen LogP contribution < -0.4 is 0 Å². The van der Waals surface area contributed by atoms with Crippen LogP contribution in [0, 0.1) is 6.92 Å². The van der Waals surface area contributed by atoms with E-state index in [2.05, 4.69) is 82.3 Å². The highest BCUT2D eigenvalue weighted by atomic mass is 14.2. The monoisotopic (exact) mass is 286 g/mol. The predicted octanol–water partition coefficient (Wildman–Crippen LogP) is 7.01. The smallest absolute Gasteiger partial charge is 0.00784 e. The molecule has 0 aromatic heterocycles. The molecule has 1 rings (SSSR count). The third kappa shape index (κ3) is 8.34. The molecule has 0 aliphatic heterocycles. The fourth-order valence-corrected chi connectivity index (χ4v) is 1.84. The van der Waals surface area contributed by atoms with Gasteiger partial charge in [-0.25, -0.2) is 0 Å². The lowest BCUT2D eigenvalue weighted by Gasteiger charge is -2.20. The molecule has 0 amide bonds. The summed E-state index contributed by atoms with van der Waals surface area (Å²) in [5.74, 6) is 0. The molecule has 0 fully saturated rings. The Balaban J connectivity index is 0. The summed E-state index contributed by atoms with van der Waals surface area (Å²) in [5, 5.41) is 0. The van der Waals surface area contributed by atoms with Gasteiger partial charge in [0.2, 0.25) is 0 Å². The maximum Gasteiger partial charge on any atom is 0.00784 e. The van der Waals surface area contributed by atoms with E-state index < -0.39 is 0 Å². The third-order valence-corrected chi connectivity index (χ3v) is 3.10. The molecule has 0 spiro atoms. The van der Waals surface area contributed by atoms with Crippen molar-refractivity contribution in [1.29, 1.82) is 0 Å². The Kier molecular flexibility index (Phi) is 11.5. The molecule has 0 heterocycles. The van der Waals surface area contributed by atoms with Crippen molar-refractivity contribution < 1.29 is 0 Å². The Morgan fingerprint density at radius 2 is 1.57 bits per heavy atom. The van der Waals surface area contributed by atoms with Gasteiger partial charge in [0, 0.05) is 5.41 Å². The van der Waals surface area contributed by atoms with Crippen LogP contribution in [0.1, 0.15) is 60.1 Å². The average Bonchev–Trinajstić information content (AvgIpc) is 2.41. The van der Waals surface area contributed by atoms with E-state index in [0.29, 0.717) is 0 Å². The topological polar surface area (TPSA) is 0 Å². The van der Waals surface area contributed by atoms with E-state index in [1.54, 1.807) is 0 Å². The SMILES string of the molecule is C.CC.C\C=C/C(C)=C\C=C\C(C)(C)c1ccc(C)cc1. The number of hydrogen-bond donors (Lipinski definition) is 0. The molecule has 0 aliphatic carbocycles. The largest absolute Gasteiger partial charge is 0.0874 e. The van der Waals surface area contributed by atoms with E-state index in [0.717, 1.165) is 0 Å². The standard InChI is InChI=1S/C18H24.C2H6.CH4/c1-6-8-15(2)9-7-14-18(4,5)17-12-10-16(3)11-13-17;1-2;/h6-14H,1-5H3;1-2H3;1H4/b8-6-,14-7+,15-9-;;. The number of hydrogen-bond acceptors (Lipinski definition) is 0. The molecule has 0 aliphatic rings. The lowest BCUT2D eigenvalue weighted by molar-refractivity contribution is 0.669. The number of allylic oxidation sites excluding steroid dienone is 6. The van der Waals surface area contributed by atoms with Crippen molar-refractivity contribution in [1.82, 2.24) is 0 Å². The molecular formula is C21H34. The van der Waals surface area contributed by atoms with Crippen LogP contribution in [-0.4, -0.2) is 0 Å². The Morgan fingerprint density at radius 3 is 2.05 bits per heavy atom. The van der Waals surface area contributed by atoms with Crippen LogP contribution in [0.3, 0.4) is 0 Å². The fourth-order valence-electron chi connectivity index (χ4n) is 1.84. The van der Waals surface area contributed by atoms with Gasteiger partial charge in [-0.05, 0) is 26.3 Å². The summed E-state index contributed by atoms with van der Waals surface area (Å²) in [5.41, 5.74) is 4.00. The molecule has 0 bridgehead atoms. The molecule has 21 heavy (non-hydrogen) atoms. The molecule has 0 saturated carbocycles. The molecule has 0 unspecified atom stereocenters. The lowest BCUT2D eigenvalue weighted by Crippen LogP contribution is -2.12. The summed E-state index contributed by atoms with van der Waals surface area (Å²) >= 11 is 0. The first-order valence-corrected chi connectivity index (χ1v) is 7.51. The summed E-state index contributed by atoms with van der Waals surface area (Å²) < 4.78 is 0. The van der Waals surface area contributed by atoms with Crippen molar-refractivity contribution in [3.8, 4) is 0 Å². The molecule has 0 nitrogen and oxygen atoms in total. The maximum absolute atomic E-state index is 2.25. The van der Waals surface area contributed by atoms with Gasteiger partial charge in [-0.3, -0.25) is 0 Å². The van der Waals surface area contributed by atoms with Crippen LogP contribution in [0.15, 0.2) is 60.2 Å². The molecule has 1 aromatic carbocycles. The van der Waals surface area contributed by atoms with Crippen molar-refractivity contribution in [2.45, 2.75) is 61.3 Å². The van der Waals surface area contributed by atoms with Crippen molar-refractivity contribution in [2.75, 3.05) is 0 Å². The summed E-state index contributed by atoms with van der Waals surface area (Å²) in [7, 11) is 0. The van der Waals surface area contributed by atoms with E-state index in [1.807, 2.05) is 20.8 Å². The molecule has 0 N–H and O–H groups in total. The van der Waals surface area contributed by atoms with Gasteiger partial charge < -0.3 is 0 Å². The van der Waals surface area contributed by atoms with Crippen molar-refractivity contribution in [3.63, 3.8) is 0 Å². The van der Waals surface area contributed by atoms with Gasteiger partial charge in [-0.1, -0.05) is 101 Å². The van der Waals surface area contributed by atoms with Crippen LogP contribution >= 0.6 is 0 Å². The van der Waals surface area contributed by atoms with Gasteiger partial charge >= 0.3 is 0 Å². The Morgan fingerprint density at radius 1 is 1.05 bits per heavy atom. The van der Waals surface area contributed by atoms with Gasteiger partial charge in [0.15, 0.2) is 0 Å². The minimum absolute atomic E-state index is 0. The summed E-state index contributed by atoms with van der Waals surface area (Å²) in [6.07, 6.45) is 10.7. The first-order chi connectivity index (χ1) is 9.45. The molecule has 0 atom stereocenters. The normalized spacial score (nSPS) is 12.0. The van der Waals surface area contributed by atoms with Crippen LogP contribution in [0.2, 0.25) is 0 Å². The number of rotatable bonds is 4. The first-order valence-electron chi connectivity index (χ1n) is 7.51. The summed E-state index contributed by atoms with van der Waals surface area (Å²) in [6, 6.07) is 8.77.